The van der Waals surface area contributed by atoms with Gasteiger partial charge in [-0.3, -0.25) is 0 Å². The fraction of sp³-hybridized carbons (Fsp3) is 0.391. The van der Waals surface area contributed by atoms with Crippen LogP contribution in [0.2, 0.25) is 0 Å². The van der Waals surface area contributed by atoms with Gasteiger partial charge in [-0.05, 0) is 57.0 Å². The summed E-state index contributed by atoms with van der Waals surface area (Å²) >= 11 is 0. The molecule has 1 fully saturated rings. The van der Waals surface area contributed by atoms with E-state index in [0.717, 1.165) is 6.07 Å². The lowest BCUT2D eigenvalue weighted by Crippen LogP contribution is -2.41. The van der Waals surface area contributed by atoms with E-state index in [1.165, 1.54) is 18.2 Å². The van der Waals surface area contributed by atoms with Crippen LogP contribution in [-0.4, -0.2) is 24.9 Å². The van der Waals surface area contributed by atoms with Crippen molar-refractivity contribution < 1.29 is 31.6 Å². The van der Waals surface area contributed by atoms with Crippen LogP contribution in [0.1, 0.15) is 45.2 Å². The van der Waals surface area contributed by atoms with E-state index in [9.17, 15) is 13.2 Å². The first kappa shape index (κ1) is 23.4. The van der Waals surface area contributed by atoms with Crippen LogP contribution in [0, 0.1) is 0 Å². The molecule has 0 saturated carbocycles. The quantitative estimate of drug-likeness (QED) is 0.383. The topological polar surface area (TPSA) is 27.7 Å². The van der Waals surface area contributed by atoms with E-state index in [4.69, 9.17) is 14.0 Å². The van der Waals surface area contributed by atoms with Crippen molar-refractivity contribution in [2.24, 2.45) is 0 Å². The zero-order chi connectivity index (χ0) is 22.9. The second-order valence-electron chi connectivity index (χ2n) is 8.37. The van der Waals surface area contributed by atoms with Crippen LogP contribution < -0.4 is 4.74 Å². The third kappa shape index (κ3) is 5.13. The molecular formula is C23H25BF4O3. The Labute approximate surface area is 180 Å². The van der Waals surface area contributed by atoms with Crippen LogP contribution >= 0.6 is 0 Å². The molecule has 0 spiro atoms. The lowest BCUT2D eigenvalue weighted by Gasteiger charge is -2.32. The fourth-order valence-corrected chi connectivity index (χ4v) is 3.25. The molecule has 8 heteroatoms. The van der Waals surface area contributed by atoms with Crippen molar-refractivity contribution >= 4 is 12.7 Å². The highest BCUT2D eigenvalue weighted by Crippen LogP contribution is 2.42. The van der Waals surface area contributed by atoms with E-state index in [-0.39, 0.29) is 24.2 Å². The maximum Gasteiger partial charge on any atom is 0.525 e. The summed E-state index contributed by atoms with van der Waals surface area (Å²) in [6.07, 6.45) is -4.74. The maximum absolute atomic E-state index is 15.6. The molecule has 1 aliphatic heterocycles. The SMILES string of the molecule is CC1(C)OB(C(F)=C(CCOc2ccccc2)c2ccccc2C(F)(F)F)OC1(C)C. The number of hydrogen-bond donors (Lipinski definition) is 0. The number of para-hydroxylation sites is 1. The highest BCUT2D eigenvalue weighted by Gasteiger charge is 2.53. The van der Waals surface area contributed by atoms with Crippen molar-refractivity contribution in [3.63, 3.8) is 0 Å². The number of hydrogen-bond acceptors (Lipinski definition) is 3. The van der Waals surface area contributed by atoms with Gasteiger partial charge < -0.3 is 14.0 Å². The molecule has 1 heterocycles. The van der Waals surface area contributed by atoms with Gasteiger partial charge in [-0.2, -0.15) is 13.2 Å². The molecule has 3 nitrogen and oxygen atoms in total. The number of halogens is 4. The average molecular weight is 436 g/mol. The van der Waals surface area contributed by atoms with E-state index < -0.39 is 35.8 Å². The first-order valence-corrected chi connectivity index (χ1v) is 10.0. The number of rotatable bonds is 6. The number of benzene rings is 2. The molecule has 1 aliphatic rings. The van der Waals surface area contributed by atoms with Gasteiger partial charge in [0.25, 0.3) is 0 Å². The number of ether oxygens (including phenoxy) is 1. The largest absolute Gasteiger partial charge is 0.525 e. The van der Waals surface area contributed by atoms with E-state index in [1.807, 2.05) is 6.07 Å². The second kappa shape index (κ2) is 8.67. The van der Waals surface area contributed by atoms with Crippen LogP contribution in [0.5, 0.6) is 5.75 Å². The Balaban J connectivity index is 1.98. The van der Waals surface area contributed by atoms with Crippen molar-refractivity contribution in [2.45, 2.75) is 51.5 Å². The zero-order valence-electron chi connectivity index (χ0n) is 17.9. The second-order valence-corrected chi connectivity index (χ2v) is 8.37. The Morgan fingerprint density at radius 1 is 0.903 bits per heavy atom. The summed E-state index contributed by atoms with van der Waals surface area (Å²) < 4.78 is 73.7. The predicted octanol–water partition coefficient (Wildman–Crippen LogP) is 6.49. The molecule has 0 N–H and O–H groups in total. The first-order chi connectivity index (χ1) is 14.4. The summed E-state index contributed by atoms with van der Waals surface area (Å²) in [5.41, 5.74) is -3.86. The van der Waals surface area contributed by atoms with Gasteiger partial charge in [0.15, 0.2) is 0 Å². The molecule has 3 rings (SSSR count). The van der Waals surface area contributed by atoms with Crippen molar-refractivity contribution in [1.82, 2.24) is 0 Å². The maximum atomic E-state index is 15.6. The van der Waals surface area contributed by atoms with Crippen molar-refractivity contribution in [3.8, 4) is 5.75 Å². The molecular weight excluding hydrogens is 411 g/mol. The van der Waals surface area contributed by atoms with Gasteiger partial charge in [-0.15, -0.1) is 0 Å². The van der Waals surface area contributed by atoms with Crippen molar-refractivity contribution in [3.05, 3.63) is 71.5 Å². The molecule has 0 radical (unpaired) electrons. The van der Waals surface area contributed by atoms with Crippen molar-refractivity contribution in [2.75, 3.05) is 6.61 Å². The van der Waals surface area contributed by atoms with Gasteiger partial charge in [0.2, 0.25) is 0 Å². The molecule has 2 aromatic carbocycles. The standard InChI is InChI=1S/C23H25BF4O3/c1-21(2)22(3,4)31-24(30-21)20(25)18(14-15-29-16-10-6-5-7-11-16)17-12-8-9-13-19(17)23(26,27)28/h5-13H,14-15H2,1-4H3. The Morgan fingerprint density at radius 2 is 1.45 bits per heavy atom. The number of alkyl halides is 3. The smallest absolute Gasteiger partial charge is 0.493 e. The Morgan fingerprint density at radius 3 is 2.03 bits per heavy atom. The molecule has 31 heavy (non-hydrogen) atoms. The molecule has 0 amide bonds. The summed E-state index contributed by atoms with van der Waals surface area (Å²) in [6, 6.07) is 13.7. The third-order valence-electron chi connectivity index (χ3n) is 5.67. The minimum Gasteiger partial charge on any atom is -0.493 e. The van der Waals surface area contributed by atoms with E-state index >= 15 is 4.39 Å². The average Bonchev–Trinajstić information content (AvgIpc) is 2.92. The Bertz CT molecular complexity index is 923. The third-order valence-corrected chi connectivity index (χ3v) is 5.67. The van der Waals surface area contributed by atoms with Crippen molar-refractivity contribution in [1.29, 1.82) is 0 Å². The zero-order valence-corrected chi connectivity index (χ0v) is 17.9. The normalized spacial score (nSPS) is 18.6. The van der Waals surface area contributed by atoms with Gasteiger partial charge in [-0.25, -0.2) is 4.39 Å². The van der Waals surface area contributed by atoms with Gasteiger partial charge in [0, 0.05) is 6.42 Å². The summed E-state index contributed by atoms with van der Waals surface area (Å²) in [5, 5.41) is 0. The first-order valence-electron chi connectivity index (χ1n) is 10.0. The minimum atomic E-state index is -4.64. The summed E-state index contributed by atoms with van der Waals surface area (Å²) in [7, 11) is -1.40. The molecule has 0 aromatic heterocycles. The molecule has 1 saturated heterocycles. The van der Waals surface area contributed by atoms with Gasteiger partial charge in [0.1, 0.15) is 11.5 Å². The van der Waals surface area contributed by atoms with Crippen LogP contribution in [0.15, 0.2) is 60.3 Å². The highest BCUT2D eigenvalue weighted by atomic mass is 19.4. The van der Waals surface area contributed by atoms with Crippen LogP contribution in [0.25, 0.3) is 5.57 Å². The summed E-state index contributed by atoms with van der Waals surface area (Å²) in [4.78, 5) is 0. The van der Waals surface area contributed by atoms with E-state index in [1.54, 1.807) is 52.0 Å². The van der Waals surface area contributed by atoms with Gasteiger partial charge in [0.05, 0.1) is 23.4 Å². The van der Waals surface area contributed by atoms with Gasteiger partial charge in [-0.1, -0.05) is 36.4 Å². The minimum absolute atomic E-state index is 0.0154. The lowest BCUT2D eigenvalue weighted by molar-refractivity contribution is -0.137. The van der Waals surface area contributed by atoms with Crippen LogP contribution in [0.3, 0.4) is 0 Å². The van der Waals surface area contributed by atoms with Crippen LogP contribution in [0.4, 0.5) is 17.6 Å². The molecule has 0 bridgehead atoms. The predicted molar refractivity (Wildman–Crippen MR) is 112 cm³/mol. The van der Waals surface area contributed by atoms with Gasteiger partial charge >= 0.3 is 13.3 Å². The molecule has 0 aliphatic carbocycles. The van der Waals surface area contributed by atoms with Crippen LogP contribution in [-0.2, 0) is 15.5 Å². The summed E-state index contributed by atoms with van der Waals surface area (Å²) in [5.74, 6) is 0.544. The Hall–Kier alpha value is -2.32. The molecule has 0 unspecified atom stereocenters. The fourth-order valence-electron chi connectivity index (χ4n) is 3.25. The van der Waals surface area contributed by atoms with E-state index in [2.05, 4.69) is 0 Å². The monoisotopic (exact) mass is 436 g/mol. The molecule has 0 atom stereocenters. The van der Waals surface area contributed by atoms with E-state index in [0.29, 0.717) is 5.75 Å². The summed E-state index contributed by atoms with van der Waals surface area (Å²) in [6.45, 7) is 6.99. The highest BCUT2D eigenvalue weighted by molar-refractivity contribution is 6.55. The molecule has 166 valence electrons. The lowest BCUT2D eigenvalue weighted by atomic mass is 9.81. The Kier molecular flexibility index (Phi) is 6.53. The molecule has 2 aromatic rings.